The van der Waals surface area contributed by atoms with Crippen molar-refractivity contribution in [2.24, 2.45) is 5.41 Å². The molecule has 0 unspecified atom stereocenters. The Morgan fingerprint density at radius 2 is 1.44 bits per heavy atom. The number of aliphatic carboxylic acids is 2. The predicted molar refractivity (Wildman–Crippen MR) is 65.6 cm³/mol. The van der Waals surface area contributed by atoms with Gasteiger partial charge in [-0.2, -0.15) is 0 Å². The van der Waals surface area contributed by atoms with Gasteiger partial charge in [-0.3, -0.25) is 0 Å². The van der Waals surface area contributed by atoms with E-state index in [1.54, 1.807) is 0 Å². The summed E-state index contributed by atoms with van der Waals surface area (Å²) in [6.45, 7) is 7.26. The van der Waals surface area contributed by atoms with E-state index in [0.717, 1.165) is 1.51 Å². The molecule has 0 aromatic carbocycles. The minimum atomic E-state index is -1.63. The maximum atomic E-state index is 9.28. The van der Waals surface area contributed by atoms with E-state index < -0.39 is 18.4 Å². The standard InChI is InChI=1S/C10H19.C3H4O4.Ca/c1-10(2,3)9-7-5-4-6-8-9;4-2(5)1-3(6)7;/h4-8H2,1-3H3;1H2,(H,4,5)(H,6,7);/q;;+2/p-2. The Bertz CT molecular complexity index is 276. The van der Waals surface area contributed by atoms with E-state index in [4.69, 9.17) is 0 Å². The fraction of sp³-hybridized carbons (Fsp3) is 0.846. The molecule has 1 rings (SSSR count). The molecule has 0 spiro atoms. The molecule has 0 amide bonds. The Morgan fingerprint density at radius 1 is 1.06 bits per heavy atom. The third-order valence-corrected chi connectivity index (χ3v) is 6.45. The Kier molecular flexibility index (Phi) is 7.79. The number of carboxylic acid groups (broad SMARTS) is 2. The van der Waals surface area contributed by atoms with Crippen LogP contribution in [-0.2, 0) is 9.59 Å². The molecule has 0 aliphatic heterocycles. The zero-order chi connectivity index (χ0) is 14.4. The molecule has 0 bridgehead atoms. The summed E-state index contributed by atoms with van der Waals surface area (Å²) in [7, 11) is 0. The minimum Gasteiger partial charge on any atom is -0.550 e. The molecule has 7 radical (unpaired) electrons. The van der Waals surface area contributed by atoms with Gasteiger partial charge in [0.15, 0.2) is 0 Å². The Labute approximate surface area is 133 Å². The van der Waals surface area contributed by atoms with Crippen LogP contribution in [0.25, 0.3) is 0 Å². The van der Waals surface area contributed by atoms with Crippen molar-refractivity contribution in [3.05, 3.63) is 0 Å². The van der Waals surface area contributed by atoms with E-state index in [9.17, 15) is 19.8 Å². The fourth-order valence-corrected chi connectivity index (χ4v) is 2.88. The van der Waals surface area contributed by atoms with Crippen LogP contribution in [-0.4, -0.2) is 47.7 Å². The molecule has 18 heavy (non-hydrogen) atoms. The average molecular weight is 281 g/mol. The van der Waals surface area contributed by atoms with E-state index in [1.165, 1.54) is 67.9 Å². The second kappa shape index (κ2) is 7.71. The number of carbonyl (C=O) groups excluding carboxylic acids is 2. The van der Waals surface area contributed by atoms with Gasteiger partial charge in [0.1, 0.15) is 0 Å². The quantitative estimate of drug-likeness (QED) is 0.535. The SMILES string of the molecule is CC(C)(C)[C]1([Ca+2])CCCCC1.O=C([O-])CC(=O)[O-]. The Balaban J connectivity index is 0.000000360. The molecule has 0 aromatic rings. The van der Waals surface area contributed by atoms with Crippen LogP contribution < -0.4 is 10.2 Å². The number of carboxylic acids is 2. The molecule has 1 fully saturated rings. The van der Waals surface area contributed by atoms with Crippen LogP contribution in [0.15, 0.2) is 0 Å². The fourth-order valence-electron chi connectivity index (χ4n) is 2.10. The normalized spacial score (nSPS) is 18.4. The molecule has 0 saturated heterocycles. The van der Waals surface area contributed by atoms with Crippen molar-refractivity contribution in [3.63, 3.8) is 0 Å². The number of rotatable bonds is 2. The molecular weight excluding hydrogens is 260 g/mol. The number of hydrogen-bond acceptors (Lipinski definition) is 4. The van der Waals surface area contributed by atoms with Gasteiger partial charge in [0.2, 0.25) is 0 Å². The molecule has 5 heteroatoms. The van der Waals surface area contributed by atoms with Gasteiger partial charge < -0.3 is 19.8 Å². The van der Waals surface area contributed by atoms with E-state index in [2.05, 4.69) is 20.8 Å². The zero-order valence-corrected chi connectivity index (χ0v) is 13.8. The number of carbonyl (C=O) groups is 2. The molecule has 0 N–H and O–H groups in total. The maximum absolute atomic E-state index is 9.28. The van der Waals surface area contributed by atoms with Crippen molar-refractivity contribution in [3.8, 4) is 0 Å². The van der Waals surface area contributed by atoms with Crippen molar-refractivity contribution in [2.75, 3.05) is 0 Å². The van der Waals surface area contributed by atoms with Gasteiger partial charge in [-0.05, 0) is 0 Å². The van der Waals surface area contributed by atoms with Crippen LogP contribution in [0, 0.1) is 5.41 Å². The van der Waals surface area contributed by atoms with Crippen LogP contribution in [0.4, 0.5) is 0 Å². The van der Waals surface area contributed by atoms with Gasteiger partial charge in [-0.1, -0.05) is 0 Å². The van der Waals surface area contributed by atoms with Gasteiger partial charge in [0.25, 0.3) is 0 Å². The third-order valence-electron chi connectivity index (χ3n) is 3.69. The Hall–Kier alpha value is 0.200. The summed E-state index contributed by atoms with van der Waals surface area (Å²) < 4.78 is 0.741. The largest absolute Gasteiger partial charge is 0.550 e. The van der Waals surface area contributed by atoms with Crippen molar-refractivity contribution in [1.82, 2.24) is 0 Å². The molecule has 0 heterocycles. The van der Waals surface area contributed by atoms with Crippen molar-refractivity contribution >= 4 is 47.7 Å². The second-order valence-electron chi connectivity index (χ2n) is 6.01. The molecule has 1 aliphatic carbocycles. The van der Waals surface area contributed by atoms with Crippen molar-refractivity contribution in [1.29, 1.82) is 0 Å². The maximum Gasteiger partial charge on any atom is 0.0470 e. The molecule has 0 atom stereocenters. The Morgan fingerprint density at radius 3 is 1.61 bits per heavy atom. The molecule has 4 nitrogen and oxygen atoms in total. The summed E-state index contributed by atoms with van der Waals surface area (Å²) in [5.74, 6) is -3.25. The first-order valence-electron chi connectivity index (χ1n) is 6.33. The topological polar surface area (TPSA) is 80.3 Å². The molecule has 0 aromatic heterocycles. The monoisotopic (exact) mass is 281 g/mol. The summed E-state index contributed by atoms with van der Waals surface area (Å²) in [5, 5.41) is 18.6. The summed E-state index contributed by atoms with van der Waals surface area (Å²) in [4.78, 5) is 18.6. The van der Waals surface area contributed by atoms with Crippen molar-refractivity contribution < 1.29 is 19.8 Å². The van der Waals surface area contributed by atoms with Gasteiger partial charge in [0, 0.05) is 18.4 Å². The molecule has 1 aliphatic rings. The van der Waals surface area contributed by atoms with Crippen LogP contribution in [0.2, 0.25) is 1.51 Å². The van der Waals surface area contributed by atoms with Crippen molar-refractivity contribution in [2.45, 2.75) is 60.8 Å². The second-order valence-corrected chi connectivity index (χ2v) is 8.13. The third kappa shape index (κ3) is 6.95. The molecule has 1 saturated carbocycles. The molecule has 99 valence electrons. The first-order chi connectivity index (χ1) is 8.08. The zero-order valence-electron chi connectivity index (χ0n) is 11.6. The van der Waals surface area contributed by atoms with Gasteiger partial charge in [-0.25, -0.2) is 0 Å². The van der Waals surface area contributed by atoms with E-state index in [1.807, 2.05) is 0 Å². The summed E-state index contributed by atoms with van der Waals surface area (Å²) in [6.07, 6.45) is 6.42. The first kappa shape index (κ1) is 18.2. The minimum absolute atomic E-state index is 0.563. The summed E-state index contributed by atoms with van der Waals surface area (Å²) in [5.41, 5.74) is 0.563. The van der Waals surface area contributed by atoms with E-state index >= 15 is 0 Å². The first-order valence-corrected chi connectivity index (χ1v) is 7.44. The number of hydrogen-bond donors (Lipinski definition) is 0. The average Bonchev–Trinajstić information content (AvgIpc) is 2.15. The predicted octanol–water partition coefficient (Wildman–Crippen LogP) is 0.200. The molecular formula is C13H21CaO4. The van der Waals surface area contributed by atoms with Crippen LogP contribution >= 0.6 is 0 Å². The smallest absolute Gasteiger partial charge is 0.0470 e. The van der Waals surface area contributed by atoms with Gasteiger partial charge in [0.05, 0.1) is 0 Å². The van der Waals surface area contributed by atoms with Gasteiger partial charge >= 0.3 is 95.6 Å². The van der Waals surface area contributed by atoms with Crippen LogP contribution in [0.1, 0.15) is 59.3 Å². The van der Waals surface area contributed by atoms with Crippen LogP contribution in [0.5, 0.6) is 0 Å². The van der Waals surface area contributed by atoms with Crippen LogP contribution in [0.3, 0.4) is 0 Å². The summed E-state index contributed by atoms with van der Waals surface area (Å²) >= 11 is 1.50. The summed E-state index contributed by atoms with van der Waals surface area (Å²) in [6, 6.07) is 0. The van der Waals surface area contributed by atoms with E-state index in [0.29, 0.717) is 5.41 Å². The van der Waals surface area contributed by atoms with Gasteiger partial charge in [-0.15, -0.1) is 0 Å². The van der Waals surface area contributed by atoms with E-state index in [-0.39, 0.29) is 0 Å².